The summed E-state index contributed by atoms with van der Waals surface area (Å²) in [4.78, 5) is 17.0. The average Bonchev–Trinajstić information content (AvgIpc) is 2.73. The van der Waals surface area contributed by atoms with Crippen LogP contribution < -0.4 is 10.1 Å². The van der Waals surface area contributed by atoms with E-state index in [2.05, 4.69) is 27.7 Å². The van der Waals surface area contributed by atoms with Crippen LogP contribution in [0.2, 0.25) is 0 Å². The van der Waals surface area contributed by atoms with E-state index in [0.717, 1.165) is 36.9 Å². The predicted octanol–water partition coefficient (Wildman–Crippen LogP) is 6.48. The minimum atomic E-state index is -4.74. The molecule has 0 bridgehead atoms. The van der Waals surface area contributed by atoms with Crippen molar-refractivity contribution in [3.05, 3.63) is 59.9 Å². The first-order valence-corrected chi connectivity index (χ1v) is 10.4. The van der Waals surface area contributed by atoms with Crippen molar-refractivity contribution in [2.24, 2.45) is 11.8 Å². The Bertz CT molecular complexity index is 917. The maximum absolute atomic E-state index is 12.7. The van der Waals surface area contributed by atoms with Gasteiger partial charge in [-0.15, -0.1) is 13.2 Å². The highest BCUT2D eigenvalue weighted by Gasteiger charge is 2.32. The number of anilines is 1. The Kier molecular flexibility index (Phi) is 7.03. The molecule has 0 spiro atoms. The molecule has 0 aliphatic heterocycles. The first-order chi connectivity index (χ1) is 14.7. The second-order valence-electron chi connectivity index (χ2n) is 8.07. The van der Waals surface area contributed by atoms with E-state index < -0.39 is 6.36 Å². The zero-order chi connectivity index (χ0) is 22.6. The van der Waals surface area contributed by atoms with Crippen LogP contribution in [0.15, 0.2) is 43.1 Å². The molecule has 3 rings (SSSR count). The van der Waals surface area contributed by atoms with Gasteiger partial charge in [-0.25, -0.2) is 0 Å². The highest BCUT2D eigenvalue weighted by molar-refractivity contribution is 5.92. The number of aryl methyl sites for hydroxylation is 1. The van der Waals surface area contributed by atoms with Gasteiger partial charge in [0.2, 0.25) is 5.91 Å². The molecule has 1 aliphatic rings. The number of hydrogen-bond donors (Lipinski definition) is 1. The number of benzene rings is 1. The Balaban J connectivity index is 1.56. The number of hydrogen-bond acceptors (Lipinski definition) is 3. The summed E-state index contributed by atoms with van der Waals surface area (Å²) in [7, 11) is 0. The molecule has 1 aliphatic carbocycles. The van der Waals surface area contributed by atoms with E-state index in [4.69, 9.17) is 0 Å². The minimum Gasteiger partial charge on any atom is -0.406 e. The van der Waals surface area contributed by atoms with E-state index in [9.17, 15) is 18.0 Å². The van der Waals surface area contributed by atoms with E-state index >= 15 is 0 Å². The third-order valence-corrected chi connectivity index (χ3v) is 6.11. The Morgan fingerprint density at radius 1 is 1.19 bits per heavy atom. The van der Waals surface area contributed by atoms with Gasteiger partial charge in [-0.2, -0.15) is 0 Å². The van der Waals surface area contributed by atoms with Crippen LogP contribution in [0.5, 0.6) is 5.75 Å². The number of carbonyl (C=O) groups excluding carboxylic acids is 1. The van der Waals surface area contributed by atoms with Crippen LogP contribution in [0.1, 0.15) is 55.3 Å². The molecule has 2 aromatic rings. The van der Waals surface area contributed by atoms with E-state index in [1.807, 2.05) is 26.1 Å². The Morgan fingerprint density at radius 2 is 1.84 bits per heavy atom. The zero-order valence-electron chi connectivity index (χ0n) is 17.7. The largest absolute Gasteiger partial charge is 0.573 e. The number of carbonyl (C=O) groups is 1. The van der Waals surface area contributed by atoms with Crippen LogP contribution in [0, 0.1) is 18.8 Å². The molecule has 1 aromatic heterocycles. The standard InChI is InChI=1S/C24H27F3N2O2/c1-4-21-16(3)28-14-13-22(21)18-7-5-17(6-8-18)15(2)23(30)29-19-9-11-20(12-10-19)31-24(25,26)27/h4,9-15,17-18H,1,5-8H2,2-3H3,(H,29,30)/t15-,17-,18+/m1/s1. The number of amides is 1. The smallest absolute Gasteiger partial charge is 0.406 e. The lowest BCUT2D eigenvalue weighted by Gasteiger charge is -2.32. The number of nitrogens with zero attached hydrogens (tertiary/aromatic N) is 1. The summed E-state index contributed by atoms with van der Waals surface area (Å²) >= 11 is 0. The van der Waals surface area contributed by atoms with Crippen molar-refractivity contribution in [1.82, 2.24) is 4.98 Å². The molecule has 4 nitrogen and oxygen atoms in total. The van der Waals surface area contributed by atoms with E-state index in [1.54, 1.807) is 0 Å². The molecule has 7 heteroatoms. The SMILES string of the molecule is C=Cc1c(C)nccc1[C@H]1CC[C@@H]([C@@H](C)C(=O)Nc2ccc(OC(F)(F)F)cc2)CC1. The molecule has 1 amide bonds. The lowest BCUT2D eigenvalue weighted by molar-refractivity contribution is -0.274. The Hall–Kier alpha value is -2.83. The number of alkyl halides is 3. The van der Waals surface area contributed by atoms with Gasteiger partial charge in [-0.3, -0.25) is 9.78 Å². The van der Waals surface area contributed by atoms with Gasteiger partial charge >= 0.3 is 6.36 Å². The summed E-state index contributed by atoms with van der Waals surface area (Å²) in [5.74, 6) is 0.0632. The summed E-state index contributed by atoms with van der Waals surface area (Å²) in [5, 5.41) is 2.80. The highest BCUT2D eigenvalue weighted by Crippen LogP contribution is 2.40. The van der Waals surface area contributed by atoms with Crippen LogP contribution in [0.3, 0.4) is 0 Å². The fourth-order valence-electron chi connectivity index (χ4n) is 4.36. The van der Waals surface area contributed by atoms with Gasteiger partial charge < -0.3 is 10.1 Å². The van der Waals surface area contributed by atoms with Crippen LogP contribution in [-0.2, 0) is 4.79 Å². The maximum Gasteiger partial charge on any atom is 0.573 e. The highest BCUT2D eigenvalue weighted by atomic mass is 19.4. The molecule has 1 aromatic carbocycles. The molecule has 1 N–H and O–H groups in total. The summed E-state index contributed by atoms with van der Waals surface area (Å²) in [6, 6.07) is 7.26. The van der Waals surface area contributed by atoms with Crippen molar-refractivity contribution in [2.75, 3.05) is 5.32 Å². The molecule has 31 heavy (non-hydrogen) atoms. The third-order valence-electron chi connectivity index (χ3n) is 6.11. The summed E-state index contributed by atoms with van der Waals surface area (Å²) in [6.45, 7) is 7.82. The van der Waals surface area contributed by atoms with Crippen molar-refractivity contribution in [3.63, 3.8) is 0 Å². The number of nitrogens with one attached hydrogen (secondary N) is 1. The monoisotopic (exact) mass is 432 g/mol. The van der Waals surface area contributed by atoms with Crippen molar-refractivity contribution in [3.8, 4) is 5.75 Å². The first kappa shape index (κ1) is 22.8. The van der Waals surface area contributed by atoms with E-state index in [1.165, 1.54) is 29.8 Å². The molecule has 0 saturated heterocycles. The molecule has 166 valence electrons. The molecule has 0 radical (unpaired) electrons. The second kappa shape index (κ2) is 9.54. The number of pyridine rings is 1. The van der Waals surface area contributed by atoms with Crippen molar-refractivity contribution >= 4 is 17.7 Å². The van der Waals surface area contributed by atoms with Gasteiger partial charge in [0.1, 0.15) is 5.75 Å². The van der Waals surface area contributed by atoms with Gasteiger partial charge in [0.25, 0.3) is 0 Å². The topological polar surface area (TPSA) is 51.2 Å². The predicted molar refractivity (Wildman–Crippen MR) is 115 cm³/mol. The Morgan fingerprint density at radius 3 is 2.42 bits per heavy atom. The molecule has 1 atom stereocenters. The normalized spacial score (nSPS) is 20.0. The van der Waals surface area contributed by atoms with Crippen molar-refractivity contribution < 1.29 is 22.7 Å². The third kappa shape index (κ3) is 5.87. The van der Waals surface area contributed by atoms with Crippen molar-refractivity contribution in [2.45, 2.75) is 51.8 Å². The van der Waals surface area contributed by atoms with Crippen LogP contribution in [0.25, 0.3) is 6.08 Å². The van der Waals surface area contributed by atoms with Crippen LogP contribution >= 0.6 is 0 Å². The van der Waals surface area contributed by atoms with Crippen LogP contribution in [0.4, 0.5) is 18.9 Å². The quantitative estimate of drug-likeness (QED) is 0.568. The fourth-order valence-corrected chi connectivity index (χ4v) is 4.36. The van der Waals surface area contributed by atoms with Crippen molar-refractivity contribution in [1.29, 1.82) is 0 Å². The first-order valence-electron chi connectivity index (χ1n) is 10.4. The molecular weight excluding hydrogens is 405 g/mol. The van der Waals surface area contributed by atoms with Crippen LogP contribution in [-0.4, -0.2) is 17.3 Å². The Labute approximate surface area is 180 Å². The van der Waals surface area contributed by atoms with E-state index in [-0.39, 0.29) is 23.5 Å². The maximum atomic E-state index is 12.7. The van der Waals surface area contributed by atoms with Gasteiger partial charge in [-0.1, -0.05) is 19.6 Å². The number of halogens is 3. The van der Waals surface area contributed by atoms with Gasteiger partial charge in [0.05, 0.1) is 0 Å². The zero-order valence-corrected chi connectivity index (χ0v) is 17.7. The van der Waals surface area contributed by atoms with Gasteiger partial charge in [0.15, 0.2) is 0 Å². The fraction of sp³-hybridized carbons (Fsp3) is 0.417. The summed E-state index contributed by atoms with van der Waals surface area (Å²) in [5.41, 5.74) is 3.81. The number of ether oxygens (including phenoxy) is 1. The van der Waals surface area contributed by atoms with E-state index in [0.29, 0.717) is 11.6 Å². The minimum absolute atomic E-state index is 0.125. The molecule has 1 fully saturated rings. The molecular formula is C24H27F3N2O2. The average molecular weight is 432 g/mol. The van der Waals surface area contributed by atoms with Gasteiger partial charge in [-0.05, 0) is 85.9 Å². The van der Waals surface area contributed by atoms with Gasteiger partial charge in [0, 0.05) is 23.5 Å². The summed E-state index contributed by atoms with van der Waals surface area (Å²) < 4.78 is 40.6. The lowest BCUT2D eigenvalue weighted by Crippen LogP contribution is -2.29. The molecule has 1 saturated carbocycles. The lowest BCUT2D eigenvalue weighted by atomic mass is 9.73. The number of rotatable bonds is 6. The molecule has 0 unspecified atom stereocenters. The second-order valence-corrected chi connectivity index (χ2v) is 8.07. The summed E-state index contributed by atoms with van der Waals surface area (Å²) in [6.07, 6.45) is 2.84. The number of aromatic nitrogens is 1. The molecule has 1 heterocycles.